The minimum Gasteiger partial charge on any atom is -0.497 e. The predicted molar refractivity (Wildman–Crippen MR) is 127 cm³/mol. The number of thioether (sulfide) groups is 1. The monoisotopic (exact) mass is 448 g/mol. The third kappa shape index (κ3) is 4.55. The molecule has 0 saturated heterocycles. The van der Waals surface area contributed by atoms with Crippen molar-refractivity contribution in [3.63, 3.8) is 0 Å². The summed E-state index contributed by atoms with van der Waals surface area (Å²) in [6, 6.07) is 18.6. The number of aryl methyl sites for hydroxylation is 1. The molecule has 4 aromatic rings. The number of rotatable bonds is 7. The average Bonchev–Trinajstić information content (AvgIpc) is 3.19. The van der Waals surface area contributed by atoms with Gasteiger partial charge in [-0.2, -0.15) is 0 Å². The maximum absolute atomic E-state index is 13.2. The zero-order chi connectivity index (χ0) is 22.7. The molecule has 1 atom stereocenters. The van der Waals surface area contributed by atoms with Crippen molar-refractivity contribution in [3.05, 3.63) is 82.3 Å². The van der Waals surface area contributed by atoms with Gasteiger partial charge in [0.1, 0.15) is 11.3 Å². The van der Waals surface area contributed by atoms with Crippen LogP contribution in [0.25, 0.3) is 16.7 Å². The number of hydrogen-bond donors (Lipinski definition) is 2. The highest BCUT2D eigenvalue weighted by atomic mass is 32.2. The van der Waals surface area contributed by atoms with Gasteiger partial charge in [-0.3, -0.25) is 14.2 Å². The second-order valence-corrected chi connectivity index (χ2v) is 8.38. The van der Waals surface area contributed by atoms with Crippen molar-refractivity contribution in [2.75, 3.05) is 12.9 Å². The normalized spacial score (nSPS) is 12.0. The van der Waals surface area contributed by atoms with Crippen LogP contribution < -0.4 is 15.6 Å². The van der Waals surface area contributed by atoms with E-state index in [1.807, 2.05) is 74.5 Å². The van der Waals surface area contributed by atoms with Crippen molar-refractivity contribution < 1.29 is 9.53 Å². The number of carbonyl (C=O) groups excluding carboxylic acids is 1. The van der Waals surface area contributed by atoms with Crippen LogP contribution in [0.4, 0.5) is 0 Å². The molecular weight excluding hydrogens is 424 g/mol. The van der Waals surface area contributed by atoms with Crippen LogP contribution >= 0.6 is 11.8 Å². The Morgan fingerprint density at radius 3 is 2.59 bits per heavy atom. The Balaban J connectivity index is 1.55. The molecule has 2 aromatic heterocycles. The topological polar surface area (TPSA) is 89.0 Å². The van der Waals surface area contributed by atoms with E-state index in [0.29, 0.717) is 21.9 Å². The maximum atomic E-state index is 13.2. The summed E-state index contributed by atoms with van der Waals surface area (Å²) in [5.74, 6) is 0.759. The molecule has 0 aliphatic rings. The van der Waals surface area contributed by atoms with Gasteiger partial charge >= 0.3 is 0 Å². The fraction of sp³-hybridized carbons (Fsp3) is 0.208. The number of fused-ring (bicyclic) bond motifs is 1. The molecular formula is C24H24N4O3S. The van der Waals surface area contributed by atoms with E-state index in [1.54, 1.807) is 11.7 Å². The van der Waals surface area contributed by atoms with Crippen LogP contribution in [0.15, 0.2) is 70.6 Å². The fourth-order valence-electron chi connectivity index (χ4n) is 3.47. The van der Waals surface area contributed by atoms with Crippen molar-refractivity contribution in [1.29, 1.82) is 0 Å². The zero-order valence-corrected chi connectivity index (χ0v) is 18.9. The molecule has 0 aliphatic carbocycles. The molecule has 2 aromatic carbocycles. The van der Waals surface area contributed by atoms with Crippen molar-refractivity contribution in [2.24, 2.45) is 0 Å². The Hall–Kier alpha value is -3.52. The highest BCUT2D eigenvalue weighted by Gasteiger charge is 2.17. The van der Waals surface area contributed by atoms with Gasteiger partial charge in [-0.05, 0) is 49.7 Å². The van der Waals surface area contributed by atoms with Gasteiger partial charge in [0, 0.05) is 5.69 Å². The van der Waals surface area contributed by atoms with Gasteiger partial charge in [-0.25, -0.2) is 4.98 Å². The fourth-order valence-corrected chi connectivity index (χ4v) is 4.29. The summed E-state index contributed by atoms with van der Waals surface area (Å²) in [4.78, 5) is 33.6. The first-order valence-electron chi connectivity index (χ1n) is 10.2. The predicted octanol–water partition coefficient (Wildman–Crippen LogP) is 4.00. The SMILES string of the molecule is COc1ccc([C@H](C)NC(=O)CSc2nc3cc(C)[nH]c3c(=O)n2-c2ccccc2)cc1. The summed E-state index contributed by atoms with van der Waals surface area (Å²) >= 11 is 1.24. The minimum absolute atomic E-state index is 0.134. The van der Waals surface area contributed by atoms with Crippen molar-refractivity contribution in [2.45, 2.75) is 25.0 Å². The number of carbonyl (C=O) groups is 1. The summed E-state index contributed by atoms with van der Waals surface area (Å²) in [7, 11) is 1.62. The van der Waals surface area contributed by atoms with Crippen LogP contribution in [-0.2, 0) is 4.79 Å². The minimum atomic E-state index is -0.191. The van der Waals surface area contributed by atoms with Gasteiger partial charge in [0.2, 0.25) is 5.91 Å². The Morgan fingerprint density at radius 2 is 1.91 bits per heavy atom. The van der Waals surface area contributed by atoms with Crippen LogP contribution in [0.2, 0.25) is 0 Å². The second-order valence-electron chi connectivity index (χ2n) is 7.43. The molecule has 1 amide bonds. The van der Waals surface area contributed by atoms with E-state index in [-0.39, 0.29) is 23.3 Å². The first-order valence-corrected chi connectivity index (χ1v) is 11.2. The summed E-state index contributed by atoms with van der Waals surface area (Å²) in [5.41, 5.74) is 3.39. The number of nitrogens with zero attached hydrogens (tertiary/aromatic N) is 2. The Morgan fingerprint density at radius 1 is 1.19 bits per heavy atom. The number of ether oxygens (including phenoxy) is 1. The molecule has 2 N–H and O–H groups in total. The van der Waals surface area contributed by atoms with Crippen LogP contribution in [0, 0.1) is 6.92 Å². The quantitative estimate of drug-likeness (QED) is 0.330. The molecule has 0 aliphatic heterocycles. The van der Waals surface area contributed by atoms with E-state index in [0.717, 1.165) is 17.0 Å². The standard InChI is InChI=1S/C24H24N4O3S/c1-15-13-20-22(25-15)23(30)28(18-7-5-4-6-8-18)24(27-20)32-14-21(29)26-16(2)17-9-11-19(31-3)12-10-17/h4-13,16,25H,14H2,1-3H3,(H,26,29)/t16-/m0/s1. The Labute approximate surface area is 189 Å². The molecule has 164 valence electrons. The summed E-state index contributed by atoms with van der Waals surface area (Å²) < 4.78 is 6.72. The van der Waals surface area contributed by atoms with Gasteiger partial charge in [-0.15, -0.1) is 0 Å². The van der Waals surface area contributed by atoms with E-state index >= 15 is 0 Å². The van der Waals surface area contributed by atoms with Gasteiger partial charge in [0.25, 0.3) is 5.56 Å². The van der Waals surface area contributed by atoms with Crippen LogP contribution in [-0.4, -0.2) is 33.3 Å². The highest BCUT2D eigenvalue weighted by Crippen LogP contribution is 2.22. The maximum Gasteiger partial charge on any atom is 0.283 e. The molecule has 2 heterocycles. The van der Waals surface area contributed by atoms with Gasteiger partial charge < -0.3 is 15.0 Å². The third-order valence-electron chi connectivity index (χ3n) is 5.10. The lowest BCUT2D eigenvalue weighted by atomic mass is 10.1. The molecule has 7 nitrogen and oxygen atoms in total. The molecule has 4 rings (SSSR count). The number of aromatic amines is 1. The lowest BCUT2D eigenvalue weighted by Crippen LogP contribution is -2.29. The second kappa shape index (κ2) is 9.32. The molecule has 8 heteroatoms. The highest BCUT2D eigenvalue weighted by molar-refractivity contribution is 7.99. The van der Waals surface area contributed by atoms with E-state index in [1.165, 1.54) is 11.8 Å². The number of benzene rings is 2. The smallest absolute Gasteiger partial charge is 0.283 e. The summed E-state index contributed by atoms with van der Waals surface area (Å²) in [6.07, 6.45) is 0. The van der Waals surface area contributed by atoms with E-state index in [2.05, 4.69) is 15.3 Å². The number of nitrogens with one attached hydrogen (secondary N) is 2. The number of methoxy groups -OCH3 is 1. The first kappa shape index (κ1) is 21.7. The lowest BCUT2D eigenvalue weighted by molar-refractivity contribution is -0.119. The number of H-pyrrole nitrogens is 1. The van der Waals surface area contributed by atoms with Gasteiger partial charge in [0.15, 0.2) is 5.16 Å². The number of para-hydroxylation sites is 1. The molecule has 0 spiro atoms. The summed E-state index contributed by atoms with van der Waals surface area (Å²) in [5, 5.41) is 3.47. The molecule has 0 radical (unpaired) electrons. The number of hydrogen-bond acceptors (Lipinski definition) is 5. The zero-order valence-electron chi connectivity index (χ0n) is 18.1. The Bertz CT molecular complexity index is 1300. The van der Waals surface area contributed by atoms with Crippen molar-refractivity contribution >= 4 is 28.7 Å². The first-order chi connectivity index (χ1) is 15.5. The largest absolute Gasteiger partial charge is 0.497 e. The Kier molecular flexibility index (Phi) is 6.32. The van der Waals surface area contributed by atoms with E-state index in [4.69, 9.17) is 4.74 Å². The van der Waals surface area contributed by atoms with Crippen LogP contribution in [0.1, 0.15) is 24.2 Å². The van der Waals surface area contributed by atoms with Gasteiger partial charge in [0.05, 0.1) is 30.1 Å². The summed E-state index contributed by atoms with van der Waals surface area (Å²) in [6.45, 7) is 3.81. The van der Waals surface area contributed by atoms with Crippen LogP contribution in [0.5, 0.6) is 5.75 Å². The molecule has 32 heavy (non-hydrogen) atoms. The molecule has 0 bridgehead atoms. The number of amides is 1. The molecule has 0 fully saturated rings. The van der Waals surface area contributed by atoms with E-state index in [9.17, 15) is 9.59 Å². The van der Waals surface area contributed by atoms with E-state index < -0.39 is 0 Å². The van der Waals surface area contributed by atoms with Crippen molar-refractivity contribution in [1.82, 2.24) is 19.9 Å². The third-order valence-corrected chi connectivity index (χ3v) is 6.03. The van der Waals surface area contributed by atoms with Crippen LogP contribution in [0.3, 0.4) is 0 Å². The van der Waals surface area contributed by atoms with Gasteiger partial charge in [-0.1, -0.05) is 42.1 Å². The van der Waals surface area contributed by atoms with Crippen molar-refractivity contribution in [3.8, 4) is 11.4 Å². The number of aromatic nitrogens is 3. The average molecular weight is 449 g/mol. The molecule has 0 saturated carbocycles. The molecule has 0 unspecified atom stereocenters. The lowest BCUT2D eigenvalue weighted by Gasteiger charge is -2.15.